The highest BCUT2D eigenvalue weighted by Crippen LogP contribution is 2.33. The van der Waals surface area contributed by atoms with Gasteiger partial charge in [-0.3, -0.25) is 14.9 Å². The summed E-state index contributed by atoms with van der Waals surface area (Å²) in [6.45, 7) is 3.62. The second-order valence-corrected chi connectivity index (χ2v) is 10.2. The van der Waals surface area contributed by atoms with Gasteiger partial charge in [0.1, 0.15) is 0 Å². The fourth-order valence-electron chi connectivity index (χ4n) is 3.30. The largest absolute Gasteiger partial charge is 0.294 e. The molecule has 6 nitrogen and oxygen atoms in total. The van der Waals surface area contributed by atoms with Gasteiger partial charge in [0.25, 0.3) is 5.91 Å². The number of anilines is 1. The van der Waals surface area contributed by atoms with E-state index < -0.39 is 10.0 Å². The van der Waals surface area contributed by atoms with E-state index in [0.717, 1.165) is 22.4 Å². The van der Waals surface area contributed by atoms with Gasteiger partial charge in [-0.1, -0.05) is 48.0 Å². The lowest BCUT2D eigenvalue weighted by Crippen LogP contribution is -2.39. The van der Waals surface area contributed by atoms with Gasteiger partial charge in [0.2, 0.25) is 10.0 Å². The van der Waals surface area contributed by atoms with Crippen LogP contribution in [0.15, 0.2) is 72.1 Å². The Kier molecular flexibility index (Phi) is 5.84. The zero-order valence-corrected chi connectivity index (χ0v) is 18.8. The molecule has 0 spiro atoms. The molecule has 1 aliphatic rings. The Balaban J connectivity index is 1.64. The molecule has 0 saturated carbocycles. The summed E-state index contributed by atoms with van der Waals surface area (Å²) in [4.78, 5) is 13.8. The van der Waals surface area contributed by atoms with Gasteiger partial charge in [0.15, 0.2) is 0 Å². The Hall–Kier alpha value is -3.10. The highest BCUT2D eigenvalue weighted by molar-refractivity contribution is 7.92. The van der Waals surface area contributed by atoms with Crippen LogP contribution in [0.2, 0.25) is 0 Å². The Morgan fingerprint density at radius 3 is 2.42 bits per heavy atom. The molecule has 8 heteroatoms. The number of sulfonamides is 1. The number of carbonyl (C=O) groups excluding carboxylic acids is 1. The number of benzene rings is 2. The van der Waals surface area contributed by atoms with Crippen molar-refractivity contribution in [3.8, 4) is 0 Å². The van der Waals surface area contributed by atoms with Crippen molar-refractivity contribution in [3.05, 3.63) is 93.7 Å². The summed E-state index contributed by atoms with van der Waals surface area (Å²) in [6, 6.07) is 18.6. The quantitative estimate of drug-likeness (QED) is 0.574. The Morgan fingerprint density at radius 1 is 1.10 bits per heavy atom. The Labute approximate surface area is 186 Å². The van der Waals surface area contributed by atoms with Gasteiger partial charge in [-0.25, -0.2) is 13.4 Å². The first kappa shape index (κ1) is 21.1. The number of amides is 1. The fraction of sp³-hybridized carbons (Fsp3) is 0.174. The molecule has 0 radical (unpaired) electrons. The molecule has 2 aromatic carbocycles. The molecule has 0 saturated heterocycles. The molecular weight excluding hydrogens is 430 g/mol. The van der Waals surface area contributed by atoms with Crippen molar-refractivity contribution in [2.75, 3.05) is 10.5 Å². The maximum absolute atomic E-state index is 13.1. The van der Waals surface area contributed by atoms with Crippen LogP contribution in [0.4, 0.5) is 5.69 Å². The van der Waals surface area contributed by atoms with Gasteiger partial charge in [0.05, 0.1) is 22.4 Å². The Bertz CT molecular complexity index is 1200. The number of thiophene rings is 1. The Morgan fingerprint density at radius 2 is 1.81 bits per heavy atom. The third-order valence-electron chi connectivity index (χ3n) is 5.06. The standard InChI is InChI=1S/C23H23N3O3S2/c1-3-31(28,29)25-19-12-10-17(11-13-19)20-15-21(18-8-6-16(2)7-9-18)26(24-20)23(27)22-5-4-14-30-22/h4-15,21,24-25H,3H2,1-2H3. The van der Waals surface area contributed by atoms with Gasteiger partial charge in [-0.05, 0) is 54.6 Å². The SMILES string of the molecule is CCS(=O)(=O)Nc1ccc(C2=CC(c3ccc(C)cc3)N(C(=O)c3cccs3)N2)cc1. The highest BCUT2D eigenvalue weighted by atomic mass is 32.2. The van der Waals surface area contributed by atoms with Crippen molar-refractivity contribution < 1.29 is 13.2 Å². The number of nitrogens with one attached hydrogen (secondary N) is 2. The molecule has 31 heavy (non-hydrogen) atoms. The average Bonchev–Trinajstić information content (AvgIpc) is 3.45. The van der Waals surface area contributed by atoms with E-state index >= 15 is 0 Å². The molecular formula is C23H23N3O3S2. The summed E-state index contributed by atoms with van der Waals surface area (Å²) in [5.74, 6) is -0.0846. The summed E-state index contributed by atoms with van der Waals surface area (Å²) in [7, 11) is -3.33. The zero-order chi connectivity index (χ0) is 22.0. The average molecular weight is 454 g/mol. The molecule has 1 aliphatic heterocycles. The van der Waals surface area contributed by atoms with Crippen LogP contribution in [-0.4, -0.2) is 25.1 Å². The molecule has 1 atom stereocenters. The van der Waals surface area contributed by atoms with Gasteiger partial charge in [-0.15, -0.1) is 11.3 Å². The molecule has 0 aliphatic carbocycles. The van der Waals surface area contributed by atoms with Crippen LogP contribution in [0, 0.1) is 6.92 Å². The number of aryl methyl sites for hydroxylation is 1. The van der Waals surface area contributed by atoms with Crippen LogP contribution in [0.1, 0.15) is 39.3 Å². The molecule has 3 aromatic rings. The zero-order valence-electron chi connectivity index (χ0n) is 17.2. The van der Waals surface area contributed by atoms with E-state index in [-0.39, 0.29) is 17.7 Å². The highest BCUT2D eigenvalue weighted by Gasteiger charge is 2.31. The summed E-state index contributed by atoms with van der Waals surface area (Å²) in [5.41, 5.74) is 7.56. The van der Waals surface area contributed by atoms with Gasteiger partial charge in [-0.2, -0.15) is 0 Å². The lowest BCUT2D eigenvalue weighted by atomic mass is 10.0. The number of nitrogens with zero attached hydrogens (tertiary/aromatic N) is 1. The molecule has 2 heterocycles. The van der Waals surface area contributed by atoms with E-state index in [2.05, 4.69) is 10.1 Å². The molecule has 0 bridgehead atoms. The number of rotatable bonds is 6. The van der Waals surface area contributed by atoms with Crippen LogP contribution in [0.25, 0.3) is 5.70 Å². The third-order valence-corrected chi connectivity index (χ3v) is 7.23. The van der Waals surface area contributed by atoms with Crippen molar-refractivity contribution in [1.29, 1.82) is 0 Å². The van der Waals surface area contributed by atoms with Crippen molar-refractivity contribution in [1.82, 2.24) is 10.4 Å². The van der Waals surface area contributed by atoms with Crippen molar-refractivity contribution in [2.45, 2.75) is 19.9 Å². The van der Waals surface area contributed by atoms with Gasteiger partial charge >= 0.3 is 0 Å². The minimum Gasteiger partial charge on any atom is -0.294 e. The summed E-state index contributed by atoms with van der Waals surface area (Å²) < 4.78 is 26.1. The van der Waals surface area contributed by atoms with Crippen LogP contribution < -0.4 is 10.1 Å². The molecule has 1 aromatic heterocycles. The second kappa shape index (κ2) is 8.56. The minimum atomic E-state index is -3.33. The number of carbonyl (C=O) groups is 1. The summed E-state index contributed by atoms with van der Waals surface area (Å²) >= 11 is 1.40. The predicted molar refractivity (Wildman–Crippen MR) is 125 cm³/mol. The molecule has 160 valence electrons. The molecule has 1 amide bonds. The number of hydrogen-bond donors (Lipinski definition) is 2. The van der Waals surface area contributed by atoms with Crippen molar-refractivity contribution in [3.63, 3.8) is 0 Å². The fourth-order valence-corrected chi connectivity index (χ4v) is 4.60. The first-order valence-corrected chi connectivity index (χ1v) is 12.4. The molecule has 0 fully saturated rings. The summed E-state index contributed by atoms with van der Waals surface area (Å²) in [6.07, 6.45) is 2.02. The van der Waals surface area contributed by atoms with E-state index in [9.17, 15) is 13.2 Å². The first-order chi connectivity index (χ1) is 14.9. The normalized spacial score (nSPS) is 16.0. The minimum absolute atomic E-state index is 0.0134. The maximum Gasteiger partial charge on any atom is 0.283 e. The van der Waals surface area contributed by atoms with Gasteiger partial charge < -0.3 is 0 Å². The monoisotopic (exact) mass is 453 g/mol. The van der Waals surface area contributed by atoms with E-state index in [1.54, 1.807) is 24.1 Å². The smallest absolute Gasteiger partial charge is 0.283 e. The predicted octanol–water partition coefficient (Wildman–Crippen LogP) is 4.56. The van der Waals surface area contributed by atoms with E-state index in [4.69, 9.17) is 0 Å². The van der Waals surface area contributed by atoms with E-state index in [0.29, 0.717) is 10.6 Å². The maximum atomic E-state index is 13.1. The topological polar surface area (TPSA) is 78.5 Å². The van der Waals surface area contributed by atoms with Crippen LogP contribution in [0.5, 0.6) is 0 Å². The first-order valence-electron chi connectivity index (χ1n) is 9.89. The van der Waals surface area contributed by atoms with E-state index in [1.165, 1.54) is 11.3 Å². The molecule has 1 unspecified atom stereocenters. The van der Waals surface area contributed by atoms with Gasteiger partial charge in [0, 0.05) is 5.69 Å². The third kappa shape index (κ3) is 4.65. The van der Waals surface area contributed by atoms with E-state index in [1.807, 2.05) is 66.9 Å². The van der Waals surface area contributed by atoms with Crippen LogP contribution in [0.3, 0.4) is 0 Å². The second-order valence-electron chi connectivity index (χ2n) is 7.28. The van der Waals surface area contributed by atoms with Crippen LogP contribution in [-0.2, 0) is 10.0 Å². The lowest BCUT2D eigenvalue weighted by Gasteiger charge is -2.25. The molecule has 2 N–H and O–H groups in total. The van der Waals surface area contributed by atoms with Crippen LogP contribution >= 0.6 is 11.3 Å². The van der Waals surface area contributed by atoms with Crippen molar-refractivity contribution >= 4 is 38.7 Å². The number of hydrogen-bond acceptors (Lipinski definition) is 5. The number of hydrazine groups is 1. The lowest BCUT2D eigenvalue weighted by molar-refractivity contribution is 0.0677. The molecule has 4 rings (SSSR count). The summed E-state index contributed by atoms with van der Waals surface area (Å²) in [5, 5.41) is 3.52. The van der Waals surface area contributed by atoms with Crippen molar-refractivity contribution in [2.24, 2.45) is 0 Å².